The molecule has 2 heterocycles. The first-order valence-electron chi connectivity index (χ1n) is 6.16. The van der Waals surface area contributed by atoms with Crippen molar-refractivity contribution in [3.05, 3.63) is 18.2 Å². The van der Waals surface area contributed by atoms with Gasteiger partial charge in [0.25, 0.3) is 0 Å². The lowest BCUT2D eigenvalue weighted by Gasteiger charge is -2.35. The van der Waals surface area contributed by atoms with Crippen LogP contribution in [0.3, 0.4) is 0 Å². The molecule has 17 heavy (non-hydrogen) atoms. The lowest BCUT2D eigenvalue weighted by molar-refractivity contribution is -0.0456. The van der Waals surface area contributed by atoms with Gasteiger partial charge in [0.1, 0.15) is 0 Å². The third-order valence-corrected chi connectivity index (χ3v) is 3.16. The van der Waals surface area contributed by atoms with E-state index in [9.17, 15) is 0 Å². The van der Waals surface area contributed by atoms with Crippen molar-refractivity contribution >= 4 is 0 Å². The summed E-state index contributed by atoms with van der Waals surface area (Å²) >= 11 is 0. The van der Waals surface area contributed by atoms with Gasteiger partial charge in [-0.25, -0.2) is 4.98 Å². The third-order valence-electron chi connectivity index (χ3n) is 3.16. The lowest BCUT2D eigenvalue weighted by atomic mass is 10.2. The minimum absolute atomic E-state index is 0.00333. The van der Waals surface area contributed by atoms with Crippen LogP contribution in [0.2, 0.25) is 0 Å². The number of aliphatic hydroxyl groups excluding tert-OH is 1. The maximum Gasteiger partial charge on any atom is 0.0951 e. The van der Waals surface area contributed by atoms with Crippen molar-refractivity contribution in [2.75, 3.05) is 19.7 Å². The highest BCUT2D eigenvalue weighted by molar-refractivity contribution is 4.94. The number of imidazole rings is 1. The van der Waals surface area contributed by atoms with Gasteiger partial charge in [0.2, 0.25) is 0 Å². The van der Waals surface area contributed by atoms with E-state index in [4.69, 9.17) is 9.84 Å². The van der Waals surface area contributed by atoms with Crippen LogP contribution in [0.5, 0.6) is 0 Å². The summed E-state index contributed by atoms with van der Waals surface area (Å²) in [5, 5.41) is 8.96. The molecule has 1 unspecified atom stereocenters. The van der Waals surface area contributed by atoms with Gasteiger partial charge >= 0.3 is 0 Å². The van der Waals surface area contributed by atoms with Crippen LogP contribution in [-0.2, 0) is 17.9 Å². The van der Waals surface area contributed by atoms with E-state index >= 15 is 0 Å². The average molecular weight is 239 g/mol. The van der Waals surface area contributed by atoms with Crippen molar-refractivity contribution in [3.63, 3.8) is 0 Å². The van der Waals surface area contributed by atoms with E-state index < -0.39 is 0 Å². The van der Waals surface area contributed by atoms with Gasteiger partial charge in [-0.2, -0.15) is 0 Å². The molecule has 1 fully saturated rings. The summed E-state index contributed by atoms with van der Waals surface area (Å²) in [4.78, 5) is 6.53. The van der Waals surface area contributed by atoms with Gasteiger partial charge in [-0.3, -0.25) is 4.90 Å². The number of aliphatic hydroxyl groups is 1. The molecule has 0 amide bonds. The molecule has 1 aliphatic rings. The minimum Gasteiger partial charge on any atom is -0.390 e. The van der Waals surface area contributed by atoms with Crippen LogP contribution in [0.4, 0.5) is 0 Å². The zero-order valence-corrected chi connectivity index (χ0v) is 10.5. The highest BCUT2D eigenvalue weighted by Crippen LogP contribution is 2.11. The first kappa shape index (κ1) is 12.5. The Morgan fingerprint density at radius 2 is 2.41 bits per heavy atom. The number of hydrogen-bond acceptors (Lipinski definition) is 4. The monoisotopic (exact) mass is 239 g/mol. The van der Waals surface area contributed by atoms with E-state index in [1.54, 1.807) is 6.33 Å². The zero-order chi connectivity index (χ0) is 12.3. The lowest BCUT2D eigenvalue weighted by Crippen LogP contribution is -2.47. The Balaban J connectivity index is 1.90. The zero-order valence-electron chi connectivity index (χ0n) is 10.5. The van der Waals surface area contributed by atoms with E-state index in [1.807, 2.05) is 10.8 Å². The molecule has 0 aliphatic carbocycles. The summed E-state index contributed by atoms with van der Waals surface area (Å²) in [6.45, 7) is 7.99. The van der Waals surface area contributed by atoms with Crippen LogP contribution in [0, 0.1) is 0 Å². The van der Waals surface area contributed by atoms with Crippen molar-refractivity contribution in [1.29, 1.82) is 0 Å². The number of ether oxygens (including phenoxy) is 1. The Labute approximate surface area is 102 Å². The molecule has 1 aliphatic heterocycles. The van der Waals surface area contributed by atoms with Crippen LogP contribution in [0.25, 0.3) is 0 Å². The van der Waals surface area contributed by atoms with Gasteiger partial charge in [0, 0.05) is 25.3 Å². The Bertz CT molecular complexity index is 351. The molecule has 0 radical (unpaired) electrons. The fourth-order valence-electron chi connectivity index (χ4n) is 2.14. The van der Waals surface area contributed by atoms with Crippen LogP contribution in [0.1, 0.15) is 19.5 Å². The predicted molar refractivity (Wildman–Crippen MR) is 64.6 cm³/mol. The van der Waals surface area contributed by atoms with Crippen molar-refractivity contribution in [2.45, 2.75) is 39.1 Å². The minimum atomic E-state index is -0.00333. The number of morpholine rings is 1. The summed E-state index contributed by atoms with van der Waals surface area (Å²) in [7, 11) is 0. The number of rotatable bonds is 4. The molecule has 2 rings (SSSR count). The van der Waals surface area contributed by atoms with Crippen LogP contribution >= 0.6 is 0 Å². The van der Waals surface area contributed by atoms with Crippen molar-refractivity contribution in [1.82, 2.24) is 14.5 Å². The predicted octanol–water partition coefficient (Wildman–Crippen LogP) is 0.485. The van der Waals surface area contributed by atoms with E-state index in [1.165, 1.54) is 0 Å². The Morgan fingerprint density at radius 3 is 3.06 bits per heavy atom. The van der Waals surface area contributed by atoms with Crippen LogP contribution in [-0.4, -0.2) is 51.4 Å². The highest BCUT2D eigenvalue weighted by atomic mass is 16.5. The summed E-state index contributed by atoms with van der Waals surface area (Å²) in [5.74, 6) is 0. The molecular weight excluding hydrogens is 218 g/mol. The normalized spacial score (nSPS) is 22.2. The molecule has 96 valence electrons. The van der Waals surface area contributed by atoms with Gasteiger partial charge in [-0.1, -0.05) is 0 Å². The molecule has 5 heteroatoms. The molecule has 1 aromatic rings. The summed E-state index contributed by atoms with van der Waals surface area (Å²) in [5.41, 5.74) is 0.710. The van der Waals surface area contributed by atoms with E-state index in [2.05, 4.69) is 23.7 Å². The van der Waals surface area contributed by atoms with Gasteiger partial charge in [0.15, 0.2) is 0 Å². The molecule has 5 nitrogen and oxygen atoms in total. The Hall–Kier alpha value is -0.910. The summed E-state index contributed by atoms with van der Waals surface area (Å²) in [6, 6.07) is 0.567. The SMILES string of the molecule is CC(C)N1CCOC(Cn2cnc(CO)c2)C1. The molecule has 0 saturated carbocycles. The third kappa shape index (κ3) is 3.28. The molecule has 0 bridgehead atoms. The molecule has 1 N–H and O–H groups in total. The smallest absolute Gasteiger partial charge is 0.0951 e. The maximum atomic E-state index is 8.96. The van der Waals surface area contributed by atoms with E-state index in [0.717, 1.165) is 26.2 Å². The Morgan fingerprint density at radius 1 is 1.59 bits per heavy atom. The van der Waals surface area contributed by atoms with Crippen molar-refractivity contribution in [2.24, 2.45) is 0 Å². The molecular formula is C12H21N3O2. The maximum absolute atomic E-state index is 8.96. The average Bonchev–Trinajstić information content (AvgIpc) is 2.77. The second kappa shape index (κ2) is 5.62. The van der Waals surface area contributed by atoms with Crippen LogP contribution < -0.4 is 0 Å². The van der Waals surface area contributed by atoms with E-state index in [-0.39, 0.29) is 12.7 Å². The van der Waals surface area contributed by atoms with E-state index in [0.29, 0.717) is 11.7 Å². The Kier molecular flexibility index (Phi) is 4.15. The first-order valence-corrected chi connectivity index (χ1v) is 6.16. The quantitative estimate of drug-likeness (QED) is 0.830. The van der Waals surface area contributed by atoms with Gasteiger partial charge in [-0.15, -0.1) is 0 Å². The largest absolute Gasteiger partial charge is 0.390 e. The van der Waals surface area contributed by atoms with Crippen molar-refractivity contribution in [3.8, 4) is 0 Å². The number of nitrogens with zero attached hydrogens (tertiary/aromatic N) is 3. The fourth-order valence-corrected chi connectivity index (χ4v) is 2.14. The second-order valence-corrected chi connectivity index (χ2v) is 4.80. The first-order chi connectivity index (χ1) is 8.19. The number of hydrogen-bond donors (Lipinski definition) is 1. The molecule has 1 saturated heterocycles. The summed E-state index contributed by atoms with van der Waals surface area (Å²) in [6.07, 6.45) is 3.84. The van der Waals surface area contributed by atoms with Gasteiger partial charge < -0.3 is 14.4 Å². The fraction of sp³-hybridized carbons (Fsp3) is 0.750. The standard InChI is InChI=1S/C12H21N3O2/c1-10(2)15-3-4-17-12(7-15)6-14-5-11(8-16)13-9-14/h5,9-10,12,16H,3-4,6-8H2,1-2H3. The molecule has 1 aromatic heterocycles. The van der Waals surface area contributed by atoms with Crippen LogP contribution in [0.15, 0.2) is 12.5 Å². The molecule has 0 spiro atoms. The van der Waals surface area contributed by atoms with Crippen molar-refractivity contribution < 1.29 is 9.84 Å². The van der Waals surface area contributed by atoms with Gasteiger partial charge in [-0.05, 0) is 13.8 Å². The summed E-state index contributed by atoms with van der Waals surface area (Å²) < 4.78 is 7.74. The topological polar surface area (TPSA) is 50.5 Å². The second-order valence-electron chi connectivity index (χ2n) is 4.80. The number of aromatic nitrogens is 2. The molecule has 1 atom stereocenters. The highest BCUT2D eigenvalue weighted by Gasteiger charge is 2.22. The van der Waals surface area contributed by atoms with Gasteiger partial charge in [0.05, 0.1) is 37.9 Å². The molecule has 0 aromatic carbocycles.